The third-order valence-corrected chi connectivity index (χ3v) is 6.50. The molecule has 2 aliphatic rings. The summed E-state index contributed by atoms with van der Waals surface area (Å²) < 4.78 is 24.8. The predicted molar refractivity (Wildman–Crippen MR) is 82.0 cm³/mol. The second-order valence-corrected chi connectivity index (χ2v) is 8.60. The molecule has 118 valence electrons. The van der Waals surface area contributed by atoms with Gasteiger partial charge < -0.3 is 5.73 Å². The first-order chi connectivity index (χ1) is 9.37. The number of rotatable bonds is 3. The third-order valence-electron chi connectivity index (χ3n) is 5.20. The van der Waals surface area contributed by atoms with Gasteiger partial charge >= 0.3 is 0 Å². The topological polar surface area (TPSA) is 66.6 Å². The normalized spacial score (nSPS) is 34.9. The van der Waals surface area contributed by atoms with Crippen LogP contribution in [0.25, 0.3) is 0 Å². The molecule has 0 radical (unpaired) electrons. The molecule has 20 heavy (non-hydrogen) atoms. The predicted octanol–water partition coefficient (Wildman–Crippen LogP) is 0.861. The smallest absolute Gasteiger partial charge is 0.211 e. The van der Waals surface area contributed by atoms with Crippen LogP contribution in [0.4, 0.5) is 0 Å². The molecule has 1 aliphatic heterocycles. The van der Waals surface area contributed by atoms with Gasteiger partial charge in [0, 0.05) is 38.3 Å². The van der Waals surface area contributed by atoms with Gasteiger partial charge in [0.15, 0.2) is 0 Å². The highest BCUT2D eigenvalue weighted by molar-refractivity contribution is 7.88. The molecule has 2 unspecified atom stereocenters. The van der Waals surface area contributed by atoms with Crippen LogP contribution in [-0.4, -0.2) is 62.1 Å². The molecule has 5 nitrogen and oxygen atoms in total. The third kappa shape index (κ3) is 3.53. The average molecular weight is 303 g/mol. The van der Waals surface area contributed by atoms with Gasteiger partial charge in [0.1, 0.15) is 0 Å². The zero-order valence-electron chi connectivity index (χ0n) is 12.8. The maximum Gasteiger partial charge on any atom is 0.211 e. The van der Waals surface area contributed by atoms with Gasteiger partial charge in [-0.05, 0) is 25.2 Å². The fraction of sp³-hybridized carbons (Fsp3) is 1.00. The van der Waals surface area contributed by atoms with Gasteiger partial charge in [0.2, 0.25) is 10.0 Å². The van der Waals surface area contributed by atoms with Crippen molar-refractivity contribution in [2.75, 3.05) is 39.0 Å². The summed E-state index contributed by atoms with van der Waals surface area (Å²) in [5.41, 5.74) is 6.24. The van der Waals surface area contributed by atoms with Crippen molar-refractivity contribution in [1.29, 1.82) is 0 Å². The Kier molecular flexibility index (Phi) is 5.10. The van der Waals surface area contributed by atoms with E-state index in [9.17, 15) is 8.42 Å². The number of hydrogen-bond acceptors (Lipinski definition) is 4. The molecule has 0 spiro atoms. The van der Waals surface area contributed by atoms with Crippen LogP contribution in [0.3, 0.4) is 0 Å². The number of sulfonamides is 1. The molecule has 1 saturated carbocycles. The van der Waals surface area contributed by atoms with Gasteiger partial charge in [0.25, 0.3) is 0 Å². The minimum Gasteiger partial charge on any atom is -0.329 e. The van der Waals surface area contributed by atoms with Crippen molar-refractivity contribution < 1.29 is 8.42 Å². The monoisotopic (exact) mass is 303 g/mol. The first kappa shape index (κ1) is 16.2. The van der Waals surface area contributed by atoms with E-state index in [0.29, 0.717) is 19.6 Å². The summed E-state index contributed by atoms with van der Waals surface area (Å²) in [4.78, 5) is 2.46. The van der Waals surface area contributed by atoms with Gasteiger partial charge in [0.05, 0.1) is 6.26 Å². The van der Waals surface area contributed by atoms with Gasteiger partial charge in [-0.15, -0.1) is 0 Å². The number of nitrogens with zero attached hydrogens (tertiary/aromatic N) is 2. The minimum atomic E-state index is -3.05. The van der Waals surface area contributed by atoms with Crippen molar-refractivity contribution in [3.63, 3.8) is 0 Å². The maximum absolute atomic E-state index is 11.6. The van der Waals surface area contributed by atoms with Crippen molar-refractivity contribution in [1.82, 2.24) is 9.21 Å². The van der Waals surface area contributed by atoms with Crippen molar-refractivity contribution in [3.8, 4) is 0 Å². The SMILES string of the molecule is CC1CCCC(CN)(N2CCN(S(C)(=O)=O)CC2)CC1. The molecule has 1 saturated heterocycles. The van der Waals surface area contributed by atoms with Crippen molar-refractivity contribution in [3.05, 3.63) is 0 Å². The molecular weight excluding hydrogens is 274 g/mol. The highest BCUT2D eigenvalue weighted by atomic mass is 32.2. The van der Waals surface area contributed by atoms with Gasteiger partial charge in [-0.1, -0.05) is 19.8 Å². The number of hydrogen-bond donors (Lipinski definition) is 1. The molecule has 1 aliphatic carbocycles. The molecule has 1 heterocycles. The first-order valence-corrected chi connectivity index (χ1v) is 9.62. The summed E-state index contributed by atoms with van der Waals surface area (Å²) in [5.74, 6) is 0.792. The fourth-order valence-corrected chi connectivity index (χ4v) is 4.53. The molecule has 2 N–H and O–H groups in total. The van der Waals surface area contributed by atoms with Crippen LogP contribution in [0.2, 0.25) is 0 Å². The molecule has 0 aromatic heterocycles. The van der Waals surface area contributed by atoms with E-state index in [1.807, 2.05) is 0 Å². The Morgan fingerprint density at radius 2 is 1.80 bits per heavy atom. The lowest BCUT2D eigenvalue weighted by atomic mass is 9.87. The fourth-order valence-electron chi connectivity index (χ4n) is 3.71. The molecule has 0 amide bonds. The lowest BCUT2D eigenvalue weighted by Crippen LogP contribution is -2.60. The molecule has 2 fully saturated rings. The maximum atomic E-state index is 11.6. The zero-order chi connectivity index (χ0) is 14.8. The largest absolute Gasteiger partial charge is 0.329 e. The Hall–Kier alpha value is -0.170. The Labute approximate surface area is 123 Å². The van der Waals surface area contributed by atoms with E-state index in [4.69, 9.17) is 5.73 Å². The van der Waals surface area contributed by atoms with E-state index >= 15 is 0 Å². The van der Waals surface area contributed by atoms with Gasteiger partial charge in [-0.2, -0.15) is 4.31 Å². The second-order valence-electron chi connectivity index (χ2n) is 6.61. The van der Waals surface area contributed by atoms with Crippen molar-refractivity contribution in [2.45, 2.75) is 44.6 Å². The van der Waals surface area contributed by atoms with Crippen LogP contribution in [-0.2, 0) is 10.0 Å². The second kappa shape index (κ2) is 6.30. The van der Waals surface area contributed by atoms with Gasteiger partial charge in [-0.3, -0.25) is 4.90 Å². The van der Waals surface area contributed by atoms with E-state index in [1.54, 1.807) is 4.31 Å². The molecular formula is C14H29N3O2S. The van der Waals surface area contributed by atoms with E-state index in [-0.39, 0.29) is 5.54 Å². The summed E-state index contributed by atoms with van der Waals surface area (Å²) in [5, 5.41) is 0. The summed E-state index contributed by atoms with van der Waals surface area (Å²) in [6, 6.07) is 0. The van der Waals surface area contributed by atoms with Crippen LogP contribution in [0.5, 0.6) is 0 Å². The lowest BCUT2D eigenvalue weighted by molar-refractivity contribution is 0.0463. The van der Waals surface area contributed by atoms with E-state index in [0.717, 1.165) is 31.8 Å². The van der Waals surface area contributed by atoms with Crippen molar-refractivity contribution >= 4 is 10.0 Å². The Bertz CT molecular complexity index is 418. The number of piperazine rings is 1. The van der Waals surface area contributed by atoms with Crippen LogP contribution in [0.15, 0.2) is 0 Å². The highest BCUT2D eigenvalue weighted by Crippen LogP contribution is 2.34. The van der Waals surface area contributed by atoms with Gasteiger partial charge in [-0.25, -0.2) is 8.42 Å². The summed E-state index contributed by atoms with van der Waals surface area (Å²) in [6.45, 7) is 5.87. The van der Waals surface area contributed by atoms with E-state index < -0.39 is 10.0 Å². The standard InChI is InChI=1S/C14H29N3O2S/c1-13-4-3-6-14(12-15,7-5-13)16-8-10-17(11-9-16)20(2,18)19/h13H,3-12,15H2,1-2H3. The van der Waals surface area contributed by atoms with Crippen LogP contribution in [0, 0.1) is 5.92 Å². The minimum absolute atomic E-state index is 0.106. The molecule has 2 atom stereocenters. The van der Waals surface area contributed by atoms with Crippen LogP contribution in [0.1, 0.15) is 39.0 Å². The Morgan fingerprint density at radius 3 is 2.35 bits per heavy atom. The molecule has 2 rings (SSSR count). The average Bonchev–Trinajstić information content (AvgIpc) is 2.61. The summed E-state index contributed by atoms with van der Waals surface area (Å²) >= 11 is 0. The summed E-state index contributed by atoms with van der Waals surface area (Å²) in [6.07, 6.45) is 7.39. The van der Waals surface area contributed by atoms with Crippen LogP contribution < -0.4 is 5.73 Å². The van der Waals surface area contributed by atoms with Crippen LogP contribution >= 0.6 is 0 Å². The lowest BCUT2D eigenvalue weighted by Gasteiger charge is -2.47. The number of nitrogens with two attached hydrogens (primary N) is 1. The Balaban J connectivity index is 2.03. The molecule has 0 aromatic rings. The van der Waals surface area contributed by atoms with Crippen molar-refractivity contribution in [2.24, 2.45) is 11.7 Å². The highest BCUT2D eigenvalue weighted by Gasteiger charge is 2.39. The quantitative estimate of drug-likeness (QED) is 0.785. The zero-order valence-corrected chi connectivity index (χ0v) is 13.7. The first-order valence-electron chi connectivity index (χ1n) is 7.78. The van der Waals surface area contributed by atoms with E-state index in [2.05, 4.69) is 11.8 Å². The Morgan fingerprint density at radius 1 is 1.15 bits per heavy atom. The van der Waals surface area contributed by atoms with E-state index in [1.165, 1.54) is 25.5 Å². The molecule has 0 bridgehead atoms. The summed E-state index contributed by atoms with van der Waals surface area (Å²) in [7, 11) is -3.05. The molecule has 6 heteroatoms. The molecule has 0 aromatic carbocycles.